The first-order chi connectivity index (χ1) is 17.0. The fraction of sp³-hybridized carbons (Fsp3) is 0.310. The molecule has 2 atom stereocenters. The smallest absolute Gasteiger partial charge is 0.310 e. The van der Waals surface area contributed by atoms with E-state index in [4.69, 9.17) is 14.2 Å². The van der Waals surface area contributed by atoms with Crippen LogP contribution in [-0.4, -0.2) is 37.4 Å². The third-order valence-corrected chi connectivity index (χ3v) is 7.40. The van der Waals surface area contributed by atoms with Crippen LogP contribution in [-0.2, 0) is 27.2 Å². The lowest BCUT2D eigenvalue weighted by molar-refractivity contribution is -0.167. The SMILES string of the molecule is COc1ccccc1[C@@H]1[C@H](C(=O)O)[C@@H](c2ccccc2OC)[C@H]1C(=O)OC1Cc2ccccc2C1. The minimum atomic E-state index is -0.964. The largest absolute Gasteiger partial charge is 0.496 e. The van der Waals surface area contributed by atoms with E-state index in [2.05, 4.69) is 12.1 Å². The minimum Gasteiger partial charge on any atom is -0.496 e. The third kappa shape index (κ3) is 4.03. The van der Waals surface area contributed by atoms with Gasteiger partial charge in [-0.1, -0.05) is 60.7 Å². The van der Waals surface area contributed by atoms with Gasteiger partial charge in [0.25, 0.3) is 0 Å². The molecule has 0 bridgehead atoms. The van der Waals surface area contributed by atoms with Crippen molar-refractivity contribution in [3.8, 4) is 11.5 Å². The molecule has 35 heavy (non-hydrogen) atoms. The second kappa shape index (κ2) is 9.45. The molecule has 0 saturated heterocycles. The van der Waals surface area contributed by atoms with Crippen molar-refractivity contribution in [1.29, 1.82) is 0 Å². The summed E-state index contributed by atoms with van der Waals surface area (Å²) in [7, 11) is 3.10. The van der Waals surface area contributed by atoms with E-state index in [9.17, 15) is 14.7 Å². The molecule has 1 saturated carbocycles. The first kappa shape index (κ1) is 23.0. The van der Waals surface area contributed by atoms with Crippen LogP contribution in [0.4, 0.5) is 0 Å². The van der Waals surface area contributed by atoms with E-state index in [1.165, 1.54) is 11.1 Å². The molecule has 1 fully saturated rings. The van der Waals surface area contributed by atoms with E-state index in [-0.39, 0.29) is 12.1 Å². The number of hydrogen-bond donors (Lipinski definition) is 1. The highest BCUT2D eigenvalue weighted by atomic mass is 16.5. The summed E-state index contributed by atoms with van der Waals surface area (Å²) >= 11 is 0. The lowest BCUT2D eigenvalue weighted by atomic mass is 9.52. The van der Waals surface area contributed by atoms with Gasteiger partial charge in [0.15, 0.2) is 0 Å². The molecule has 0 amide bonds. The van der Waals surface area contributed by atoms with Gasteiger partial charge in [0.05, 0.1) is 26.1 Å². The van der Waals surface area contributed by atoms with Crippen molar-refractivity contribution in [1.82, 2.24) is 0 Å². The number of fused-ring (bicyclic) bond motifs is 1. The van der Waals surface area contributed by atoms with Crippen molar-refractivity contribution in [2.75, 3.05) is 14.2 Å². The van der Waals surface area contributed by atoms with Crippen LogP contribution in [0.1, 0.15) is 34.1 Å². The molecule has 1 N–H and O–H groups in total. The van der Waals surface area contributed by atoms with E-state index in [1.54, 1.807) is 26.4 Å². The highest BCUT2D eigenvalue weighted by Gasteiger charge is 2.60. The molecule has 180 valence electrons. The first-order valence-corrected chi connectivity index (χ1v) is 11.8. The molecule has 0 radical (unpaired) electrons. The van der Waals surface area contributed by atoms with Gasteiger partial charge in [-0.2, -0.15) is 0 Å². The van der Waals surface area contributed by atoms with Crippen LogP contribution in [0.3, 0.4) is 0 Å². The van der Waals surface area contributed by atoms with Crippen LogP contribution < -0.4 is 9.47 Å². The van der Waals surface area contributed by atoms with Gasteiger partial charge in [-0.3, -0.25) is 9.59 Å². The maximum atomic E-state index is 13.8. The number of carbonyl (C=O) groups excluding carboxylic acids is 1. The topological polar surface area (TPSA) is 82.1 Å². The molecule has 0 unspecified atom stereocenters. The second-order valence-electron chi connectivity index (χ2n) is 9.16. The third-order valence-electron chi connectivity index (χ3n) is 7.40. The van der Waals surface area contributed by atoms with E-state index >= 15 is 0 Å². The Morgan fingerprint density at radius 3 is 1.63 bits per heavy atom. The summed E-state index contributed by atoms with van der Waals surface area (Å²) in [5, 5.41) is 10.3. The maximum absolute atomic E-state index is 13.8. The fourth-order valence-electron chi connectivity index (χ4n) is 5.85. The number of aliphatic carboxylic acids is 1. The summed E-state index contributed by atoms with van der Waals surface area (Å²) in [6.07, 6.45) is 1.06. The van der Waals surface area contributed by atoms with Crippen molar-refractivity contribution >= 4 is 11.9 Å². The molecular formula is C29H28O6. The average molecular weight is 473 g/mol. The first-order valence-electron chi connectivity index (χ1n) is 11.8. The Morgan fingerprint density at radius 1 is 0.714 bits per heavy atom. The lowest BCUT2D eigenvalue weighted by Gasteiger charge is -2.49. The van der Waals surface area contributed by atoms with E-state index in [0.717, 1.165) is 0 Å². The highest BCUT2D eigenvalue weighted by Crippen LogP contribution is 2.60. The van der Waals surface area contributed by atoms with Crippen molar-refractivity contribution in [2.24, 2.45) is 11.8 Å². The normalized spacial score (nSPS) is 23.1. The molecule has 3 aromatic rings. The van der Waals surface area contributed by atoms with Crippen molar-refractivity contribution < 1.29 is 28.9 Å². The summed E-state index contributed by atoms with van der Waals surface area (Å²) in [6, 6.07) is 22.7. The molecule has 0 aliphatic heterocycles. The van der Waals surface area contributed by atoms with Gasteiger partial charge in [-0.15, -0.1) is 0 Å². The second-order valence-corrected chi connectivity index (χ2v) is 9.16. The number of carbonyl (C=O) groups is 2. The zero-order valence-corrected chi connectivity index (χ0v) is 19.7. The molecule has 2 aliphatic carbocycles. The molecule has 0 spiro atoms. The van der Waals surface area contributed by atoms with Crippen LogP contribution >= 0.6 is 0 Å². The van der Waals surface area contributed by atoms with Crippen molar-refractivity contribution in [2.45, 2.75) is 30.8 Å². The highest BCUT2D eigenvalue weighted by molar-refractivity contribution is 5.85. The summed E-state index contributed by atoms with van der Waals surface area (Å²) in [6.45, 7) is 0. The molecule has 6 heteroatoms. The standard InChI is InChI=1S/C29H28O6/c1-33-22-13-7-5-11-20(22)24-26(28(30)31)25(21-12-6-8-14-23(21)34-2)27(24)29(32)35-19-15-17-9-3-4-10-18(17)16-19/h3-14,19,24-27H,15-16H2,1-2H3,(H,30,31)/t24-,25-,26-,27-/m1/s1. The summed E-state index contributed by atoms with van der Waals surface area (Å²) in [5.41, 5.74) is 3.77. The number of para-hydroxylation sites is 2. The predicted octanol–water partition coefficient (Wildman–Crippen LogP) is 4.61. The maximum Gasteiger partial charge on any atom is 0.310 e. The summed E-state index contributed by atoms with van der Waals surface area (Å²) < 4.78 is 17.2. The van der Waals surface area contributed by atoms with Gasteiger partial charge >= 0.3 is 11.9 Å². The zero-order chi connectivity index (χ0) is 24.5. The molecule has 6 nitrogen and oxygen atoms in total. The van der Waals surface area contributed by atoms with Gasteiger partial charge < -0.3 is 19.3 Å². The number of ether oxygens (including phenoxy) is 3. The number of hydrogen-bond acceptors (Lipinski definition) is 5. The summed E-state index contributed by atoms with van der Waals surface area (Å²) in [5.74, 6) is -2.92. The van der Waals surface area contributed by atoms with Gasteiger partial charge in [-0.05, 0) is 34.4 Å². The number of benzene rings is 3. The fourth-order valence-corrected chi connectivity index (χ4v) is 5.85. The zero-order valence-electron chi connectivity index (χ0n) is 19.7. The van der Waals surface area contributed by atoms with Crippen LogP contribution in [0.5, 0.6) is 11.5 Å². The quantitative estimate of drug-likeness (QED) is 0.506. The van der Waals surface area contributed by atoms with Crippen LogP contribution in [0, 0.1) is 11.8 Å². The Kier molecular flexibility index (Phi) is 6.20. The Hall–Kier alpha value is -3.80. The Balaban J connectivity index is 1.53. The van der Waals surface area contributed by atoms with Crippen LogP contribution in [0.15, 0.2) is 72.8 Å². The molecule has 2 aliphatic rings. The number of methoxy groups -OCH3 is 2. The van der Waals surface area contributed by atoms with E-state index < -0.39 is 29.6 Å². The monoisotopic (exact) mass is 472 g/mol. The average Bonchev–Trinajstić information content (AvgIpc) is 3.26. The van der Waals surface area contributed by atoms with E-state index in [0.29, 0.717) is 35.5 Å². The Labute approximate surface area is 204 Å². The Morgan fingerprint density at radius 2 is 1.17 bits per heavy atom. The van der Waals surface area contributed by atoms with Gasteiger partial charge in [0.2, 0.25) is 0 Å². The van der Waals surface area contributed by atoms with Gasteiger partial charge in [0.1, 0.15) is 17.6 Å². The predicted molar refractivity (Wildman–Crippen MR) is 130 cm³/mol. The molecular weight excluding hydrogens is 444 g/mol. The van der Waals surface area contributed by atoms with Gasteiger partial charge in [0, 0.05) is 24.7 Å². The Bertz CT molecular complexity index is 1170. The lowest BCUT2D eigenvalue weighted by Crippen LogP contribution is -2.52. The van der Waals surface area contributed by atoms with Crippen LogP contribution in [0.25, 0.3) is 0 Å². The molecule has 0 heterocycles. The summed E-state index contributed by atoms with van der Waals surface area (Å²) in [4.78, 5) is 26.3. The molecule has 5 rings (SSSR count). The van der Waals surface area contributed by atoms with E-state index in [1.807, 2.05) is 48.5 Å². The van der Waals surface area contributed by atoms with Crippen molar-refractivity contribution in [3.05, 3.63) is 95.1 Å². The molecule has 0 aromatic heterocycles. The number of carboxylic acid groups (broad SMARTS) is 1. The number of carboxylic acids is 1. The molecule has 3 aromatic carbocycles. The van der Waals surface area contributed by atoms with Crippen LogP contribution in [0.2, 0.25) is 0 Å². The van der Waals surface area contributed by atoms with Crippen molar-refractivity contribution in [3.63, 3.8) is 0 Å². The minimum absolute atomic E-state index is 0.264. The number of esters is 1. The van der Waals surface area contributed by atoms with Gasteiger partial charge in [-0.25, -0.2) is 0 Å². The number of rotatable bonds is 7.